The van der Waals surface area contributed by atoms with E-state index < -0.39 is 0 Å². The number of rotatable bonds is 6. The molecule has 0 unspecified atom stereocenters. The molecule has 114 valence electrons. The van der Waals surface area contributed by atoms with E-state index in [1.807, 2.05) is 42.5 Å². The lowest BCUT2D eigenvalue weighted by atomic mass is 10.1. The molecule has 4 nitrogen and oxygen atoms in total. The van der Waals surface area contributed by atoms with Gasteiger partial charge in [0.2, 0.25) is 0 Å². The molecule has 0 aliphatic heterocycles. The molecule has 22 heavy (non-hydrogen) atoms. The Bertz CT molecular complexity index is 638. The molecule has 0 spiro atoms. The maximum Gasteiger partial charge on any atom is 0.122 e. The van der Waals surface area contributed by atoms with E-state index in [1.165, 1.54) is 5.56 Å². The SMILES string of the molecule is COc1cc(CN(C)Cc2ccc(C#N)cc2)cc(OC)c1. The Morgan fingerprint density at radius 3 is 1.95 bits per heavy atom. The van der Waals surface area contributed by atoms with Gasteiger partial charge in [0.25, 0.3) is 0 Å². The number of hydrogen-bond acceptors (Lipinski definition) is 4. The molecular formula is C18H20N2O2. The van der Waals surface area contributed by atoms with Gasteiger partial charge in [-0.15, -0.1) is 0 Å². The van der Waals surface area contributed by atoms with Crippen molar-refractivity contribution in [3.05, 3.63) is 59.2 Å². The van der Waals surface area contributed by atoms with E-state index in [0.29, 0.717) is 5.56 Å². The Morgan fingerprint density at radius 1 is 0.909 bits per heavy atom. The summed E-state index contributed by atoms with van der Waals surface area (Å²) in [6.07, 6.45) is 0. The first kappa shape index (κ1) is 15.9. The van der Waals surface area contributed by atoms with Gasteiger partial charge >= 0.3 is 0 Å². The molecule has 0 amide bonds. The predicted molar refractivity (Wildman–Crippen MR) is 85.9 cm³/mol. The van der Waals surface area contributed by atoms with Gasteiger partial charge in [-0.05, 0) is 42.4 Å². The monoisotopic (exact) mass is 296 g/mol. The van der Waals surface area contributed by atoms with E-state index in [9.17, 15) is 0 Å². The van der Waals surface area contributed by atoms with Gasteiger partial charge in [0.1, 0.15) is 11.5 Å². The van der Waals surface area contributed by atoms with Crippen LogP contribution in [0, 0.1) is 11.3 Å². The van der Waals surface area contributed by atoms with Crippen LogP contribution in [0.5, 0.6) is 11.5 Å². The van der Waals surface area contributed by atoms with Crippen LogP contribution in [0.1, 0.15) is 16.7 Å². The van der Waals surface area contributed by atoms with Crippen molar-refractivity contribution in [3.63, 3.8) is 0 Å². The summed E-state index contributed by atoms with van der Waals surface area (Å²) < 4.78 is 10.6. The molecule has 0 aliphatic carbocycles. The maximum atomic E-state index is 8.82. The predicted octanol–water partition coefficient (Wildman–Crippen LogP) is 3.21. The van der Waals surface area contributed by atoms with E-state index in [-0.39, 0.29) is 0 Å². The lowest BCUT2D eigenvalue weighted by molar-refractivity contribution is 0.317. The molecule has 0 atom stereocenters. The van der Waals surface area contributed by atoms with Crippen LogP contribution in [-0.2, 0) is 13.1 Å². The van der Waals surface area contributed by atoms with Gasteiger partial charge in [-0.2, -0.15) is 5.26 Å². The number of benzene rings is 2. The van der Waals surface area contributed by atoms with Crippen LogP contribution in [0.3, 0.4) is 0 Å². The highest BCUT2D eigenvalue weighted by Crippen LogP contribution is 2.23. The van der Waals surface area contributed by atoms with Gasteiger partial charge in [-0.3, -0.25) is 4.90 Å². The van der Waals surface area contributed by atoms with Gasteiger partial charge in [-0.1, -0.05) is 12.1 Å². The lowest BCUT2D eigenvalue weighted by Gasteiger charge is -2.18. The molecule has 0 N–H and O–H groups in total. The summed E-state index contributed by atoms with van der Waals surface area (Å²) in [5, 5.41) is 8.82. The van der Waals surface area contributed by atoms with E-state index in [2.05, 4.69) is 18.0 Å². The molecule has 0 radical (unpaired) electrons. The minimum absolute atomic E-state index is 0.684. The summed E-state index contributed by atoms with van der Waals surface area (Å²) in [5.74, 6) is 1.59. The average Bonchev–Trinajstić information content (AvgIpc) is 2.55. The second-order valence-corrected chi connectivity index (χ2v) is 5.20. The zero-order valence-corrected chi connectivity index (χ0v) is 13.2. The average molecular weight is 296 g/mol. The van der Waals surface area contributed by atoms with Crippen molar-refractivity contribution in [2.24, 2.45) is 0 Å². The second-order valence-electron chi connectivity index (χ2n) is 5.20. The first-order chi connectivity index (χ1) is 10.6. The molecule has 0 heterocycles. The number of methoxy groups -OCH3 is 2. The van der Waals surface area contributed by atoms with Crippen LogP contribution in [0.2, 0.25) is 0 Å². The Morgan fingerprint density at radius 2 is 1.45 bits per heavy atom. The molecule has 2 rings (SSSR count). The number of nitriles is 1. The van der Waals surface area contributed by atoms with Crippen molar-refractivity contribution in [1.29, 1.82) is 5.26 Å². The fourth-order valence-corrected chi connectivity index (χ4v) is 2.32. The van der Waals surface area contributed by atoms with Gasteiger partial charge in [0.05, 0.1) is 25.9 Å². The summed E-state index contributed by atoms with van der Waals surface area (Å²) >= 11 is 0. The van der Waals surface area contributed by atoms with Crippen LogP contribution < -0.4 is 9.47 Å². The van der Waals surface area contributed by atoms with Gasteiger partial charge in [0.15, 0.2) is 0 Å². The highest BCUT2D eigenvalue weighted by Gasteiger charge is 2.06. The third-order valence-corrected chi connectivity index (χ3v) is 3.40. The molecule has 0 bridgehead atoms. The van der Waals surface area contributed by atoms with Crippen LogP contribution in [-0.4, -0.2) is 26.2 Å². The molecule has 0 saturated heterocycles. The Kier molecular flexibility index (Phi) is 5.40. The van der Waals surface area contributed by atoms with E-state index in [0.717, 1.165) is 30.2 Å². The summed E-state index contributed by atoms with van der Waals surface area (Å²) in [5.41, 5.74) is 2.99. The van der Waals surface area contributed by atoms with Gasteiger partial charge in [-0.25, -0.2) is 0 Å². The Hall–Kier alpha value is -2.51. The zero-order chi connectivity index (χ0) is 15.9. The van der Waals surface area contributed by atoms with Crippen LogP contribution >= 0.6 is 0 Å². The minimum atomic E-state index is 0.684. The summed E-state index contributed by atoms with van der Waals surface area (Å²) in [6, 6.07) is 15.7. The van der Waals surface area contributed by atoms with E-state index >= 15 is 0 Å². The van der Waals surface area contributed by atoms with Crippen LogP contribution in [0.25, 0.3) is 0 Å². The fraction of sp³-hybridized carbons (Fsp3) is 0.278. The molecular weight excluding hydrogens is 276 g/mol. The summed E-state index contributed by atoms with van der Waals surface area (Å²) in [6.45, 7) is 1.60. The number of hydrogen-bond donors (Lipinski definition) is 0. The standard InChI is InChI=1S/C18H20N2O2/c1-20(12-15-6-4-14(11-19)5-7-15)13-16-8-17(21-2)10-18(9-16)22-3/h4-10H,12-13H2,1-3H3. The first-order valence-corrected chi connectivity index (χ1v) is 7.04. The zero-order valence-electron chi connectivity index (χ0n) is 13.2. The fourth-order valence-electron chi connectivity index (χ4n) is 2.32. The first-order valence-electron chi connectivity index (χ1n) is 7.04. The Balaban J connectivity index is 2.04. The summed E-state index contributed by atoms with van der Waals surface area (Å²) in [7, 11) is 5.36. The van der Waals surface area contributed by atoms with Crippen molar-refractivity contribution < 1.29 is 9.47 Å². The molecule has 0 aliphatic rings. The van der Waals surface area contributed by atoms with Crippen molar-refractivity contribution in [2.75, 3.05) is 21.3 Å². The minimum Gasteiger partial charge on any atom is -0.497 e. The van der Waals surface area contributed by atoms with Gasteiger partial charge in [0, 0.05) is 19.2 Å². The lowest BCUT2D eigenvalue weighted by Crippen LogP contribution is -2.17. The molecule has 2 aromatic carbocycles. The number of ether oxygens (including phenoxy) is 2. The van der Waals surface area contributed by atoms with E-state index in [4.69, 9.17) is 14.7 Å². The third kappa shape index (κ3) is 4.24. The van der Waals surface area contributed by atoms with Crippen molar-refractivity contribution in [1.82, 2.24) is 4.90 Å². The van der Waals surface area contributed by atoms with Crippen molar-refractivity contribution in [2.45, 2.75) is 13.1 Å². The molecule has 0 aromatic heterocycles. The highest BCUT2D eigenvalue weighted by molar-refractivity contribution is 5.38. The topological polar surface area (TPSA) is 45.5 Å². The molecule has 0 saturated carbocycles. The quantitative estimate of drug-likeness (QED) is 0.821. The molecule has 0 fully saturated rings. The van der Waals surface area contributed by atoms with Crippen LogP contribution in [0.15, 0.2) is 42.5 Å². The number of nitrogens with zero attached hydrogens (tertiary/aromatic N) is 2. The van der Waals surface area contributed by atoms with Crippen molar-refractivity contribution in [3.8, 4) is 17.6 Å². The smallest absolute Gasteiger partial charge is 0.122 e. The van der Waals surface area contributed by atoms with Crippen molar-refractivity contribution >= 4 is 0 Å². The normalized spacial score (nSPS) is 10.3. The largest absolute Gasteiger partial charge is 0.497 e. The Labute approximate surface area is 131 Å². The maximum absolute atomic E-state index is 8.82. The molecule has 4 heteroatoms. The van der Waals surface area contributed by atoms with Gasteiger partial charge < -0.3 is 9.47 Å². The second kappa shape index (κ2) is 7.48. The van der Waals surface area contributed by atoms with E-state index in [1.54, 1.807) is 14.2 Å². The summed E-state index contributed by atoms with van der Waals surface area (Å²) in [4.78, 5) is 2.20. The molecule has 2 aromatic rings. The third-order valence-electron chi connectivity index (χ3n) is 3.40. The highest BCUT2D eigenvalue weighted by atomic mass is 16.5. The van der Waals surface area contributed by atoms with Crippen LogP contribution in [0.4, 0.5) is 0 Å².